The number of carbonyl (C=O) groups excluding carboxylic acids is 1. The molecule has 0 spiro atoms. The van der Waals surface area contributed by atoms with E-state index in [1.807, 2.05) is 36.0 Å². The number of carbonyl (C=O) groups is 1. The Morgan fingerprint density at radius 3 is 2.65 bits per heavy atom. The Kier molecular flexibility index (Phi) is 4.25. The van der Waals surface area contributed by atoms with Crippen LogP contribution in [0.15, 0.2) is 17.5 Å². The van der Waals surface area contributed by atoms with Gasteiger partial charge in [-0.2, -0.15) is 5.10 Å². The van der Waals surface area contributed by atoms with E-state index in [0.717, 1.165) is 22.0 Å². The van der Waals surface area contributed by atoms with Gasteiger partial charge >= 0.3 is 0 Å². The monoisotopic (exact) mass is 292 g/mol. The lowest BCUT2D eigenvalue weighted by Crippen LogP contribution is -2.27. The second-order valence-corrected chi connectivity index (χ2v) is 6.05. The van der Waals surface area contributed by atoms with Gasteiger partial charge < -0.3 is 11.1 Å². The Morgan fingerprint density at radius 2 is 2.15 bits per heavy atom. The van der Waals surface area contributed by atoms with E-state index in [9.17, 15) is 4.79 Å². The number of aromatic nitrogens is 2. The van der Waals surface area contributed by atoms with Crippen molar-refractivity contribution in [3.63, 3.8) is 0 Å². The molecule has 1 unspecified atom stereocenters. The van der Waals surface area contributed by atoms with Gasteiger partial charge in [0, 0.05) is 10.9 Å². The van der Waals surface area contributed by atoms with Gasteiger partial charge in [-0.25, -0.2) is 0 Å². The van der Waals surface area contributed by atoms with E-state index >= 15 is 0 Å². The summed E-state index contributed by atoms with van der Waals surface area (Å²) in [4.78, 5) is 13.1. The summed E-state index contributed by atoms with van der Waals surface area (Å²) in [7, 11) is 0. The largest absolute Gasteiger partial charge is 0.321 e. The predicted octanol–water partition coefficient (Wildman–Crippen LogP) is 2.78. The number of anilines is 1. The van der Waals surface area contributed by atoms with E-state index in [1.54, 1.807) is 0 Å². The van der Waals surface area contributed by atoms with Crippen LogP contribution in [0, 0.1) is 13.8 Å². The minimum atomic E-state index is -0.642. The maximum atomic E-state index is 12.2. The van der Waals surface area contributed by atoms with E-state index in [0.29, 0.717) is 0 Å². The zero-order valence-corrected chi connectivity index (χ0v) is 13.0. The Hall–Kier alpha value is -1.66. The molecule has 0 aliphatic heterocycles. The SMILES string of the molecule is Cc1nn(C(C)C)c(C)c1NC(=O)C(N)c1cccs1. The van der Waals surface area contributed by atoms with Crippen LogP contribution in [0.25, 0.3) is 0 Å². The number of rotatable bonds is 4. The third kappa shape index (κ3) is 2.76. The van der Waals surface area contributed by atoms with Gasteiger partial charge in [-0.3, -0.25) is 9.48 Å². The van der Waals surface area contributed by atoms with Crippen molar-refractivity contribution in [2.45, 2.75) is 39.8 Å². The number of amides is 1. The maximum absolute atomic E-state index is 12.2. The molecule has 2 aromatic rings. The van der Waals surface area contributed by atoms with Gasteiger partial charge in [-0.15, -0.1) is 11.3 Å². The van der Waals surface area contributed by atoms with Crippen molar-refractivity contribution in [1.29, 1.82) is 0 Å². The van der Waals surface area contributed by atoms with Crippen molar-refractivity contribution >= 4 is 22.9 Å². The van der Waals surface area contributed by atoms with E-state index < -0.39 is 6.04 Å². The normalized spacial score (nSPS) is 12.7. The standard InChI is InChI=1S/C14H20N4OS/c1-8(2)18-10(4)13(9(3)17-18)16-14(19)12(15)11-6-5-7-20-11/h5-8,12H,15H2,1-4H3,(H,16,19). The van der Waals surface area contributed by atoms with Gasteiger partial charge in [-0.05, 0) is 39.1 Å². The molecule has 2 aromatic heterocycles. The molecule has 0 radical (unpaired) electrons. The van der Waals surface area contributed by atoms with Crippen molar-refractivity contribution in [2.75, 3.05) is 5.32 Å². The zero-order valence-electron chi connectivity index (χ0n) is 12.2. The van der Waals surface area contributed by atoms with Crippen molar-refractivity contribution in [3.05, 3.63) is 33.8 Å². The molecular formula is C14H20N4OS. The lowest BCUT2D eigenvalue weighted by atomic mass is 10.2. The fraction of sp³-hybridized carbons (Fsp3) is 0.429. The summed E-state index contributed by atoms with van der Waals surface area (Å²) >= 11 is 1.48. The van der Waals surface area contributed by atoms with Crippen molar-refractivity contribution in [3.8, 4) is 0 Å². The Balaban J connectivity index is 2.20. The summed E-state index contributed by atoms with van der Waals surface area (Å²) in [5.74, 6) is -0.207. The summed E-state index contributed by atoms with van der Waals surface area (Å²) in [5, 5.41) is 9.26. The van der Waals surface area contributed by atoms with Crippen LogP contribution >= 0.6 is 11.3 Å². The molecule has 2 heterocycles. The molecule has 20 heavy (non-hydrogen) atoms. The van der Waals surface area contributed by atoms with Gasteiger partial charge in [0.05, 0.1) is 17.1 Å². The zero-order chi connectivity index (χ0) is 14.9. The summed E-state index contributed by atoms with van der Waals surface area (Å²) in [6, 6.07) is 3.37. The highest BCUT2D eigenvalue weighted by Crippen LogP contribution is 2.24. The van der Waals surface area contributed by atoms with E-state index in [4.69, 9.17) is 5.73 Å². The smallest absolute Gasteiger partial charge is 0.246 e. The molecule has 0 saturated heterocycles. The molecule has 2 rings (SSSR count). The van der Waals surface area contributed by atoms with Crippen LogP contribution in [0.3, 0.4) is 0 Å². The molecule has 1 atom stereocenters. The first kappa shape index (κ1) is 14.7. The number of nitrogens with two attached hydrogens (primary N) is 1. The number of hydrogen-bond donors (Lipinski definition) is 2. The van der Waals surface area contributed by atoms with Gasteiger partial charge in [-0.1, -0.05) is 6.07 Å². The third-order valence-corrected chi connectivity index (χ3v) is 4.15. The topological polar surface area (TPSA) is 72.9 Å². The second-order valence-electron chi connectivity index (χ2n) is 5.07. The van der Waals surface area contributed by atoms with Crippen LogP contribution in [-0.4, -0.2) is 15.7 Å². The summed E-state index contributed by atoms with van der Waals surface area (Å²) in [6.07, 6.45) is 0. The average Bonchev–Trinajstić information content (AvgIpc) is 3.01. The minimum Gasteiger partial charge on any atom is -0.321 e. The van der Waals surface area contributed by atoms with Crippen LogP contribution in [0.5, 0.6) is 0 Å². The molecule has 0 aromatic carbocycles. The number of thiophene rings is 1. The molecular weight excluding hydrogens is 272 g/mol. The number of hydrogen-bond acceptors (Lipinski definition) is 4. The minimum absolute atomic E-state index is 0.207. The molecule has 108 valence electrons. The molecule has 0 bridgehead atoms. The number of nitrogens with zero attached hydrogens (tertiary/aromatic N) is 2. The van der Waals surface area contributed by atoms with Crippen LogP contribution in [-0.2, 0) is 4.79 Å². The van der Waals surface area contributed by atoms with Crippen LogP contribution in [0.4, 0.5) is 5.69 Å². The first-order valence-electron chi connectivity index (χ1n) is 6.57. The van der Waals surface area contributed by atoms with Gasteiger partial charge in [0.1, 0.15) is 6.04 Å². The Bertz CT molecular complexity index is 601. The third-order valence-electron chi connectivity index (χ3n) is 3.19. The van der Waals surface area contributed by atoms with Crippen molar-refractivity contribution in [2.24, 2.45) is 5.73 Å². The lowest BCUT2D eigenvalue weighted by Gasteiger charge is -2.12. The molecule has 5 nitrogen and oxygen atoms in total. The number of nitrogens with one attached hydrogen (secondary N) is 1. The van der Waals surface area contributed by atoms with E-state index in [-0.39, 0.29) is 11.9 Å². The van der Waals surface area contributed by atoms with Crippen molar-refractivity contribution in [1.82, 2.24) is 9.78 Å². The van der Waals surface area contributed by atoms with E-state index in [2.05, 4.69) is 24.3 Å². The number of aryl methyl sites for hydroxylation is 1. The van der Waals surface area contributed by atoms with Gasteiger partial charge in [0.25, 0.3) is 0 Å². The fourth-order valence-corrected chi connectivity index (χ4v) is 2.87. The molecule has 0 aliphatic carbocycles. The molecule has 0 aliphatic rings. The highest BCUT2D eigenvalue weighted by atomic mass is 32.1. The highest BCUT2D eigenvalue weighted by molar-refractivity contribution is 7.10. The maximum Gasteiger partial charge on any atom is 0.246 e. The molecule has 1 amide bonds. The highest BCUT2D eigenvalue weighted by Gasteiger charge is 2.21. The molecule has 0 fully saturated rings. The Labute approximate surface area is 122 Å². The van der Waals surface area contributed by atoms with Gasteiger partial charge in [0.15, 0.2) is 0 Å². The second kappa shape index (κ2) is 5.76. The first-order valence-corrected chi connectivity index (χ1v) is 7.45. The summed E-state index contributed by atoms with van der Waals surface area (Å²) in [5.41, 5.74) is 8.49. The van der Waals surface area contributed by atoms with E-state index in [1.165, 1.54) is 11.3 Å². The molecule has 6 heteroatoms. The van der Waals surface area contributed by atoms with Crippen LogP contribution in [0.2, 0.25) is 0 Å². The van der Waals surface area contributed by atoms with Crippen LogP contribution < -0.4 is 11.1 Å². The predicted molar refractivity (Wildman–Crippen MR) is 82.0 cm³/mol. The molecule has 0 saturated carbocycles. The average molecular weight is 292 g/mol. The fourth-order valence-electron chi connectivity index (χ4n) is 2.15. The lowest BCUT2D eigenvalue weighted by molar-refractivity contribution is -0.117. The van der Waals surface area contributed by atoms with Crippen molar-refractivity contribution < 1.29 is 4.79 Å². The first-order chi connectivity index (χ1) is 9.41. The quantitative estimate of drug-likeness (QED) is 0.910. The Morgan fingerprint density at radius 1 is 1.45 bits per heavy atom. The molecule has 3 N–H and O–H groups in total. The van der Waals surface area contributed by atoms with Crippen LogP contribution in [0.1, 0.15) is 42.2 Å². The summed E-state index contributed by atoms with van der Waals surface area (Å²) in [6.45, 7) is 7.95. The van der Waals surface area contributed by atoms with Gasteiger partial charge in [0.2, 0.25) is 5.91 Å². The summed E-state index contributed by atoms with van der Waals surface area (Å²) < 4.78 is 1.90.